The van der Waals surface area contributed by atoms with Gasteiger partial charge in [0.15, 0.2) is 0 Å². The largest absolute Gasteiger partial charge is 0.358 e. The van der Waals surface area contributed by atoms with E-state index >= 15 is 0 Å². The molecule has 1 aromatic heterocycles. The zero-order valence-corrected chi connectivity index (χ0v) is 18.8. The first kappa shape index (κ1) is 21.2. The summed E-state index contributed by atoms with van der Waals surface area (Å²) in [4.78, 5) is 18.3. The topological polar surface area (TPSA) is 73.5 Å². The summed E-state index contributed by atoms with van der Waals surface area (Å²) in [6.07, 6.45) is 3.23. The van der Waals surface area contributed by atoms with Gasteiger partial charge in [-0.15, -0.1) is 0 Å². The van der Waals surface area contributed by atoms with Crippen LogP contribution in [0.2, 0.25) is 0 Å². The Morgan fingerprint density at radius 3 is 2.62 bits per heavy atom. The van der Waals surface area contributed by atoms with Crippen LogP contribution < -0.4 is 0 Å². The van der Waals surface area contributed by atoms with Crippen molar-refractivity contribution in [2.24, 2.45) is 5.92 Å². The molecule has 6 nitrogen and oxygen atoms in total. The van der Waals surface area contributed by atoms with Crippen molar-refractivity contribution in [1.29, 1.82) is 0 Å². The Hall–Kier alpha value is -2.71. The quantitative estimate of drug-likeness (QED) is 0.656. The third kappa shape index (κ3) is 3.71. The van der Waals surface area contributed by atoms with E-state index in [1.54, 1.807) is 4.90 Å². The van der Waals surface area contributed by atoms with Gasteiger partial charge in [0.25, 0.3) is 5.91 Å². The minimum absolute atomic E-state index is 0.0609. The highest BCUT2D eigenvalue weighted by molar-refractivity contribution is 7.89. The van der Waals surface area contributed by atoms with E-state index < -0.39 is 15.8 Å². The molecule has 32 heavy (non-hydrogen) atoms. The van der Waals surface area contributed by atoms with Crippen LogP contribution in [0.15, 0.2) is 47.4 Å². The number of carbonyl (C=O) groups excluding carboxylic acids is 1. The molecule has 1 atom stereocenters. The predicted molar refractivity (Wildman–Crippen MR) is 121 cm³/mol. The minimum Gasteiger partial charge on any atom is -0.358 e. The molecule has 168 valence electrons. The molecule has 0 saturated carbocycles. The lowest BCUT2D eigenvalue weighted by molar-refractivity contribution is 0.0698. The van der Waals surface area contributed by atoms with Crippen molar-refractivity contribution in [3.05, 3.63) is 65.1 Å². The Labute approximate surface area is 187 Å². The molecule has 1 saturated heterocycles. The average Bonchev–Trinajstić information content (AvgIpc) is 3.16. The van der Waals surface area contributed by atoms with E-state index in [1.165, 1.54) is 40.2 Å². The first-order chi connectivity index (χ1) is 15.3. The Morgan fingerprint density at radius 1 is 1.09 bits per heavy atom. The molecule has 2 heterocycles. The molecule has 2 aliphatic rings. The number of hydrogen-bond acceptors (Lipinski definition) is 3. The van der Waals surface area contributed by atoms with Crippen LogP contribution in [0.25, 0.3) is 10.9 Å². The second kappa shape index (κ2) is 8.01. The van der Waals surface area contributed by atoms with Crippen LogP contribution in [-0.2, 0) is 22.9 Å². The van der Waals surface area contributed by atoms with E-state index in [2.05, 4.69) is 11.9 Å². The predicted octanol–water partition coefficient (Wildman–Crippen LogP) is 3.58. The molecule has 1 N–H and O–H groups in total. The maximum Gasteiger partial charge on any atom is 0.253 e. The second-order valence-corrected chi connectivity index (χ2v) is 10.8. The Kier molecular flexibility index (Phi) is 5.29. The fourth-order valence-electron chi connectivity index (χ4n) is 4.81. The smallest absolute Gasteiger partial charge is 0.253 e. The van der Waals surface area contributed by atoms with Gasteiger partial charge in [-0.05, 0) is 67.1 Å². The van der Waals surface area contributed by atoms with E-state index in [0.717, 1.165) is 29.8 Å². The number of amides is 1. The van der Waals surface area contributed by atoms with Crippen LogP contribution in [0.4, 0.5) is 4.39 Å². The number of piperazine rings is 1. The van der Waals surface area contributed by atoms with Gasteiger partial charge in [0.05, 0.1) is 4.90 Å². The standard InChI is InChI=1S/C24H26FN3O3S/c1-16-5-7-22-20(13-16)21-14-17(6-8-23(21)26-22)24(29)27-9-11-28(12-10-27)32(30,31)19-4-2-3-18(25)15-19/h2-4,6,8,14-16,26H,5,7,9-13H2,1H3. The lowest BCUT2D eigenvalue weighted by atomic mass is 9.87. The maximum atomic E-state index is 13.5. The summed E-state index contributed by atoms with van der Waals surface area (Å²) in [7, 11) is -3.78. The number of sulfonamides is 1. The number of aryl methyl sites for hydroxylation is 1. The number of fused-ring (bicyclic) bond motifs is 3. The maximum absolute atomic E-state index is 13.5. The summed E-state index contributed by atoms with van der Waals surface area (Å²) in [6, 6.07) is 10.8. The van der Waals surface area contributed by atoms with E-state index in [4.69, 9.17) is 0 Å². The lowest BCUT2D eigenvalue weighted by Crippen LogP contribution is -2.50. The van der Waals surface area contributed by atoms with Crippen LogP contribution in [0.3, 0.4) is 0 Å². The molecule has 0 radical (unpaired) electrons. The summed E-state index contributed by atoms with van der Waals surface area (Å²) in [5.41, 5.74) is 4.28. The van der Waals surface area contributed by atoms with Crippen LogP contribution in [-0.4, -0.2) is 54.7 Å². The summed E-state index contributed by atoms with van der Waals surface area (Å²) in [5.74, 6) is -0.0425. The van der Waals surface area contributed by atoms with E-state index in [-0.39, 0.29) is 23.9 Å². The number of hydrogen-bond donors (Lipinski definition) is 1. The van der Waals surface area contributed by atoms with Gasteiger partial charge in [-0.3, -0.25) is 4.79 Å². The normalized spacial score (nSPS) is 19.8. The molecule has 1 fully saturated rings. The first-order valence-electron chi connectivity index (χ1n) is 11.0. The zero-order chi connectivity index (χ0) is 22.5. The van der Waals surface area contributed by atoms with Crippen LogP contribution in [0, 0.1) is 11.7 Å². The number of nitrogens with zero attached hydrogens (tertiary/aromatic N) is 2. The summed E-state index contributed by atoms with van der Waals surface area (Å²) < 4.78 is 40.5. The van der Waals surface area contributed by atoms with Gasteiger partial charge in [-0.2, -0.15) is 4.31 Å². The summed E-state index contributed by atoms with van der Waals surface area (Å²) >= 11 is 0. The van der Waals surface area contributed by atoms with Gasteiger partial charge in [-0.25, -0.2) is 12.8 Å². The number of H-pyrrole nitrogens is 1. The molecular weight excluding hydrogens is 429 g/mol. The average molecular weight is 456 g/mol. The van der Waals surface area contributed by atoms with Crippen molar-refractivity contribution in [2.45, 2.75) is 31.1 Å². The lowest BCUT2D eigenvalue weighted by Gasteiger charge is -2.34. The fraction of sp³-hybridized carbons (Fsp3) is 0.375. The van der Waals surface area contributed by atoms with Gasteiger partial charge in [0, 0.05) is 48.3 Å². The van der Waals surface area contributed by atoms with E-state index in [0.29, 0.717) is 24.6 Å². The van der Waals surface area contributed by atoms with Gasteiger partial charge in [0.1, 0.15) is 5.82 Å². The van der Waals surface area contributed by atoms with Crippen molar-refractivity contribution in [2.75, 3.05) is 26.2 Å². The SMILES string of the molecule is CC1CCc2[nH]c3ccc(C(=O)N4CCN(S(=O)(=O)c5cccc(F)c5)CC4)cc3c2C1. The number of aromatic nitrogens is 1. The van der Waals surface area contributed by atoms with Gasteiger partial charge < -0.3 is 9.88 Å². The minimum atomic E-state index is -3.78. The highest BCUT2D eigenvalue weighted by Gasteiger charge is 2.31. The van der Waals surface area contributed by atoms with Gasteiger partial charge >= 0.3 is 0 Å². The van der Waals surface area contributed by atoms with E-state index in [1.807, 2.05) is 18.2 Å². The second-order valence-electron chi connectivity index (χ2n) is 8.84. The fourth-order valence-corrected chi connectivity index (χ4v) is 6.27. The van der Waals surface area contributed by atoms with Crippen molar-refractivity contribution in [1.82, 2.24) is 14.2 Å². The van der Waals surface area contributed by atoms with Crippen molar-refractivity contribution in [3.63, 3.8) is 0 Å². The monoisotopic (exact) mass is 455 g/mol. The number of carbonyl (C=O) groups is 1. The van der Waals surface area contributed by atoms with Crippen molar-refractivity contribution < 1.29 is 17.6 Å². The number of rotatable bonds is 3. The molecule has 0 spiro atoms. The molecule has 0 bridgehead atoms. The van der Waals surface area contributed by atoms with Gasteiger partial charge in [-0.1, -0.05) is 13.0 Å². The van der Waals surface area contributed by atoms with E-state index in [9.17, 15) is 17.6 Å². The summed E-state index contributed by atoms with van der Waals surface area (Å²) in [5, 5.41) is 1.12. The third-order valence-electron chi connectivity index (χ3n) is 6.64. The molecule has 3 aromatic rings. The molecule has 5 rings (SSSR count). The Morgan fingerprint density at radius 2 is 1.88 bits per heavy atom. The summed E-state index contributed by atoms with van der Waals surface area (Å²) in [6.45, 7) is 3.23. The third-order valence-corrected chi connectivity index (χ3v) is 8.54. The van der Waals surface area contributed by atoms with Crippen LogP contribution in [0.1, 0.15) is 35.0 Å². The number of nitrogens with one attached hydrogen (secondary N) is 1. The Balaban J connectivity index is 1.32. The van der Waals surface area contributed by atoms with Gasteiger partial charge in [0.2, 0.25) is 10.0 Å². The molecule has 8 heteroatoms. The zero-order valence-electron chi connectivity index (χ0n) is 18.0. The van der Waals surface area contributed by atoms with Crippen LogP contribution >= 0.6 is 0 Å². The molecule has 1 amide bonds. The number of halogens is 1. The molecule has 1 aliphatic heterocycles. The molecule has 1 aliphatic carbocycles. The highest BCUT2D eigenvalue weighted by atomic mass is 32.2. The highest BCUT2D eigenvalue weighted by Crippen LogP contribution is 2.32. The number of benzene rings is 2. The van der Waals surface area contributed by atoms with Crippen LogP contribution in [0.5, 0.6) is 0 Å². The molecular formula is C24H26FN3O3S. The first-order valence-corrected chi connectivity index (χ1v) is 12.5. The van der Waals surface area contributed by atoms with Crippen molar-refractivity contribution in [3.8, 4) is 0 Å². The van der Waals surface area contributed by atoms with Crippen molar-refractivity contribution >= 4 is 26.8 Å². The molecule has 1 unspecified atom stereocenters. The Bertz CT molecular complexity index is 1290. The number of aromatic amines is 1. The molecule has 2 aromatic carbocycles.